The molecule has 1 aliphatic heterocycles. The van der Waals surface area contributed by atoms with Gasteiger partial charge in [-0.15, -0.1) is 0 Å². The quantitative estimate of drug-likeness (QED) is 0.830. The van der Waals surface area contributed by atoms with Crippen molar-refractivity contribution in [3.8, 4) is 0 Å². The number of carbonyl (C=O) groups excluding carboxylic acids is 2. The first-order valence-electron chi connectivity index (χ1n) is 5.11. The minimum atomic E-state index is 0.0928. The van der Waals surface area contributed by atoms with Gasteiger partial charge in [0.2, 0.25) is 5.91 Å². The normalized spacial score (nSPS) is 20.4. The summed E-state index contributed by atoms with van der Waals surface area (Å²) in [7, 11) is 0. The first-order chi connectivity index (χ1) is 7.65. The van der Waals surface area contributed by atoms with E-state index in [-0.39, 0.29) is 16.3 Å². The number of thiophene rings is 1. The van der Waals surface area contributed by atoms with Crippen LogP contribution in [-0.4, -0.2) is 27.7 Å². The minimum Gasteiger partial charge on any atom is -0.337 e. The Bertz CT molecular complexity index is 389. The second-order valence-corrected chi connectivity index (χ2v) is 6.10. The average molecular weight is 255 g/mol. The Morgan fingerprint density at radius 1 is 1.69 bits per heavy atom. The van der Waals surface area contributed by atoms with Crippen molar-refractivity contribution in [3.63, 3.8) is 0 Å². The molecule has 0 aliphatic carbocycles. The van der Waals surface area contributed by atoms with E-state index in [1.807, 2.05) is 16.3 Å². The number of carbonyl (C=O) groups is 2. The second-order valence-electron chi connectivity index (χ2n) is 3.84. The highest BCUT2D eigenvalue weighted by atomic mass is 32.2. The molecular formula is C11H13NO2S2. The van der Waals surface area contributed by atoms with Crippen LogP contribution in [0.3, 0.4) is 0 Å². The molecule has 3 nitrogen and oxygen atoms in total. The topological polar surface area (TPSA) is 37.4 Å². The lowest BCUT2D eigenvalue weighted by Crippen LogP contribution is -2.24. The molecule has 1 saturated heterocycles. The van der Waals surface area contributed by atoms with Gasteiger partial charge < -0.3 is 4.90 Å². The van der Waals surface area contributed by atoms with Crippen LogP contribution in [0.4, 0.5) is 0 Å². The first kappa shape index (κ1) is 11.7. The molecule has 0 radical (unpaired) electrons. The molecule has 86 valence electrons. The van der Waals surface area contributed by atoms with Crippen molar-refractivity contribution in [2.45, 2.75) is 25.1 Å². The highest BCUT2D eigenvalue weighted by Gasteiger charge is 2.30. The van der Waals surface area contributed by atoms with Crippen LogP contribution in [0.25, 0.3) is 0 Å². The molecule has 1 aromatic heterocycles. The van der Waals surface area contributed by atoms with E-state index in [0.717, 1.165) is 0 Å². The fraction of sp³-hybridized carbons (Fsp3) is 0.455. The molecule has 0 bridgehead atoms. The van der Waals surface area contributed by atoms with E-state index in [1.54, 1.807) is 18.3 Å². The second kappa shape index (κ2) is 5.01. The monoisotopic (exact) mass is 255 g/mol. The molecule has 0 saturated carbocycles. The van der Waals surface area contributed by atoms with Gasteiger partial charge in [0, 0.05) is 31.7 Å². The number of rotatable bonds is 3. The van der Waals surface area contributed by atoms with E-state index in [2.05, 4.69) is 5.38 Å². The summed E-state index contributed by atoms with van der Waals surface area (Å²) >= 11 is 2.92. The Morgan fingerprint density at radius 2 is 2.50 bits per heavy atom. The zero-order chi connectivity index (χ0) is 11.5. The van der Waals surface area contributed by atoms with Gasteiger partial charge in [-0.3, -0.25) is 9.59 Å². The lowest BCUT2D eigenvalue weighted by molar-refractivity contribution is -0.128. The number of hydrogen-bond acceptors (Lipinski definition) is 4. The highest BCUT2D eigenvalue weighted by molar-refractivity contribution is 8.14. The fourth-order valence-corrected chi connectivity index (χ4v) is 3.42. The fourth-order valence-electron chi connectivity index (χ4n) is 1.81. The summed E-state index contributed by atoms with van der Waals surface area (Å²) in [5, 5.41) is 4.30. The first-order valence-corrected chi connectivity index (χ1v) is 6.93. The van der Waals surface area contributed by atoms with Gasteiger partial charge in [-0.2, -0.15) is 11.3 Å². The zero-order valence-corrected chi connectivity index (χ0v) is 10.6. The Labute approximate surface area is 103 Å². The van der Waals surface area contributed by atoms with Crippen LogP contribution in [0.2, 0.25) is 0 Å². The molecule has 0 spiro atoms. The third-order valence-electron chi connectivity index (χ3n) is 2.47. The average Bonchev–Trinajstić information content (AvgIpc) is 2.77. The maximum Gasteiger partial charge on any atom is 0.224 e. The van der Waals surface area contributed by atoms with Gasteiger partial charge in [-0.05, 0) is 22.4 Å². The van der Waals surface area contributed by atoms with E-state index in [1.165, 1.54) is 17.3 Å². The number of thioether (sulfide) groups is 1. The third-order valence-corrected chi connectivity index (χ3v) is 4.18. The summed E-state index contributed by atoms with van der Waals surface area (Å²) in [4.78, 5) is 24.5. The molecular weight excluding hydrogens is 242 g/mol. The summed E-state index contributed by atoms with van der Waals surface area (Å²) < 4.78 is 0. The van der Waals surface area contributed by atoms with Crippen LogP contribution in [0.15, 0.2) is 16.8 Å². The van der Waals surface area contributed by atoms with Crippen LogP contribution < -0.4 is 0 Å². The van der Waals surface area contributed by atoms with E-state index in [9.17, 15) is 9.59 Å². The van der Waals surface area contributed by atoms with E-state index < -0.39 is 0 Å². The van der Waals surface area contributed by atoms with Crippen molar-refractivity contribution in [1.82, 2.24) is 4.90 Å². The smallest absolute Gasteiger partial charge is 0.224 e. The summed E-state index contributed by atoms with van der Waals surface area (Å²) in [6.45, 7) is 2.92. The maximum absolute atomic E-state index is 11.7. The Kier molecular flexibility index (Phi) is 3.66. The summed E-state index contributed by atoms with van der Waals surface area (Å²) in [5.41, 5.74) is 1.17. The molecule has 0 N–H and O–H groups in total. The molecule has 2 heterocycles. The molecule has 1 amide bonds. The number of hydrogen-bond donors (Lipinski definition) is 0. The maximum atomic E-state index is 11.7. The van der Waals surface area contributed by atoms with E-state index in [4.69, 9.17) is 0 Å². The van der Waals surface area contributed by atoms with Crippen LogP contribution in [0, 0.1) is 0 Å². The predicted molar refractivity (Wildman–Crippen MR) is 66.4 cm³/mol. The standard InChI is InChI=1S/C11H13NO2S2/c1-8(13)16-10-4-11(14)12(6-10)5-9-2-3-15-7-9/h2-3,7,10H,4-6H2,1H3. The molecule has 1 unspecified atom stereocenters. The largest absolute Gasteiger partial charge is 0.337 e. The van der Waals surface area contributed by atoms with Gasteiger partial charge in [0.15, 0.2) is 5.12 Å². The predicted octanol–water partition coefficient (Wildman–Crippen LogP) is 2.13. The number of amides is 1. The van der Waals surface area contributed by atoms with E-state index in [0.29, 0.717) is 19.5 Å². The highest BCUT2D eigenvalue weighted by Crippen LogP contribution is 2.25. The van der Waals surface area contributed by atoms with Crippen molar-refractivity contribution in [2.24, 2.45) is 0 Å². The van der Waals surface area contributed by atoms with Crippen molar-refractivity contribution in [1.29, 1.82) is 0 Å². The Hall–Kier alpha value is -0.810. The SMILES string of the molecule is CC(=O)SC1CC(=O)N(Cc2ccsc2)C1. The van der Waals surface area contributed by atoms with E-state index >= 15 is 0 Å². The lowest BCUT2D eigenvalue weighted by atomic mass is 10.3. The molecule has 5 heteroatoms. The van der Waals surface area contributed by atoms with Gasteiger partial charge in [0.1, 0.15) is 0 Å². The van der Waals surface area contributed by atoms with Crippen LogP contribution >= 0.6 is 23.1 Å². The summed E-state index contributed by atoms with van der Waals surface area (Å²) in [5.74, 6) is 0.157. The summed E-state index contributed by atoms with van der Waals surface area (Å²) in [6.07, 6.45) is 0.494. The van der Waals surface area contributed by atoms with Crippen LogP contribution in [-0.2, 0) is 16.1 Å². The number of nitrogens with zero attached hydrogens (tertiary/aromatic N) is 1. The van der Waals surface area contributed by atoms with Gasteiger partial charge in [0.05, 0.1) is 0 Å². The molecule has 2 rings (SSSR count). The van der Waals surface area contributed by atoms with Gasteiger partial charge in [-0.25, -0.2) is 0 Å². The van der Waals surface area contributed by atoms with Crippen LogP contribution in [0.5, 0.6) is 0 Å². The van der Waals surface area contributed by atoms with Crippen molar-refractivity contribution >= 4 is 34.1 Å². The molecule has 0 aromatic carbocycles. The van der Waals surface area contributed by atoms with Crippen molar-refractivity contribution in [3.05, 3.63) is 22.4 Å². The van der Waals surface area contributed by atoms with Gasteiger partial charge in [-0.1, -0.05) is 11.8 Å². The Morgan fingerprint density at radius 3 is 3.12 bits per heavy atom. The molecule has 1 atom stereocenters. The molecule has 1 fully saturated rings. The summed E-state index contributed by atoms with van der Waals surface area (Å²) in [6, 6.07) is 2.03. The van der Waals surface area contributed by atoms with Gasteiger partial charge in [0.25, 0.3) is 0 Å². The van der Waals surface area contributed by atoms with Crippen LogP contribution in [0.1, 0.15) is 18.9 Å². The zero-order valence-electron chi connectivity index (χ0n) is 9.01. The number of likely N-dealkylation sites (tertiary alicyclic amines) is 1. The lowest BCUT2D eigenvalue weighted by Gasteiger charge is -2.15. The molecule has 1 aliphatic rings. The third kappa shape index (κ3) is 2.86. The molecule has 16 heavy (non-hydrogen) atoms. The molecule has 1 aromatic rings. The van der Waals surface area contributed by atoms with Crippen molar-refractivity contribution in [2.75, 3.05) is 6.54 Å². The Balaban J connectivity index is 1.92. The van der Waals surface area contributed by atoms with Crippen molar-refractivity contribution < 1.29 is 9.59 Å². The minimum absolute atomic E-state index is 0.0928. The van der Waals surface area contributed by atoms with Gasteiger partial charge >= 0.3 is 0 Å².